The molecule has 36 heavy (non-hydrogen) atoms. The number of amides is 1. The van der Waals surface area contributed by atoms with Crippen LogP contribution in [0.5, 0.6) is 0 Å². The number of thioether (sulfide) groups is 1. The zero-order chi connectivity index (χ0) is 25.1. The second kappa shape index (κ2) is 10.4. The average Bonchev–Trinajstić information content (AvgIpc) is 2.91. The molecule has 1 aliphatic heterocycles. The lowest BCUT2D eigenvalue weighted by molar-refractivity contribution is -0.139. The fraction of sp³-hybridized carbons (Fsp3) is 0.214. The summed E-state index contributed by atoms with van der Waals surface area (Å²) >= 11 is 1.14. The zero-order valence-corrected chi connectivity index (χ0v) is 20.7. The van der Waals surface area contributed by atoms with Gasteiger partial charge in [0.25, 0.3) is 11.5 Å². The van der Waals surface area contributed by atoms with E-state index in [-0.39, 0.29) is 29.8 Å². The lowest BCUT2D eigenvalue weighted by atomic mass is 9.99. The molecular weight excluding hydrogens is 474 g/mol. The summed E-state index contributed by atoms with van der Waals surface area (Å²) < 4.78 is 6.54. The highest BCUT2D eigenvalue weighted by Crippen LogP contribution is 2.24. The molecular formula is C28H25N3O4S. The molecule has 0 aliphatic carbocycles. The molecule has 0 N–H and O–H groups in total. The molecule has 4 aromatic rings. The molecule has 0 saturated heterocycles. The number of carbonyl (C=O) groups excluding carboxylic acids is 2. The monoisotopic (exact) mass is 499 g/mol. The van der Waals surface area contributed by atoms with Crippen LogP contribution in [0.4, 0.5) is 0 Å². The maximum absolute atomic E-state index is 13.5. The number of carbonyl (C=O) groups is 2. The van der Waals surface area contributed by atoms with Crippen molar-refractivity contribution < 1.29 is 14.3 Å². The number of esters is 1. The summed E-state index contributed by atoms with van der Waals surface area (Å²) in [5, 5.41) is 0.767. The number of hydrogen-bond donors (Lipinski definition) is 0. The molecule has 1 amide bonds. The van der Waals surface area contributed by atoms with Crippen LogP contribution in [0.25, 0.3) is 16.6 Å². The van der Waals surface area contributed by atoms with Crippen molar-refractivity contribution in [3.8, 4) is 5.69 Å². The SMILES string of the molecule is CCOC(=O)CSc1nc2cc(C(=O)N3CCc4ccccc4C3)ccc2c(=O)n1-c1ccccc1. The fourth-order valence-corrected chi connectivity index (χ4v) is 5.19. The van der Waals surface area contributed by atoms with Gasteiger partial charge in [0.1, 0.15) is 0 Å². The molecule has 0 spiro atoms. The van der Waals surface area contributed by atoms with Gasteiger partial charge in [-0.25, -0.2) is 4.98 Å². The number of fused-ring (bicyclic) bond motifs is 2. The largest absolute Gasteiger partial charge is 0.465 e. The lowest BCUT2D eigenvalue weighted by Gasteiger charge is -2.29. The Bertz CT molecular complexity index is 1500. The summed E-state index contributed by atoms with van der Waals surface area (Å²) in [6, 6.07) is 22.4. The van der Waals surface area contributed by atoms with Crippen LogP contribution >= 0.6 is 11.8 Å². The van der Waals surface area contributed by atoms with Gasteiger partial charge in [0.05, 0.1) is 29.0 Å². The van der Waals surface area contributed by atoms with Crippen molar-refractivity contribution in [1.29, 1.82) is 0 Å². The number of para-hydroxylation sites is 1. The van der Waals surface area contributed by atoms with Crippen molar-refractivity contribution >= 4 is 34.5 Å². The predicted molar refractivity (Wildman–Crippen MR) is 140 cm³/mol. The Morgan fingerprint density at radius 3 is 2.53 bits per heavy atom. The van der Waals surface area contributed by atoms with Crippen LogP contribution in [0.2, 0.25) is 0 Å². The second-order valence-electron chi connectivity index (χ2n) is 8.44. The molecule has 0 fully saturated rings. The van der Waals surface area contributed by atoms with Crippen molar-refractivity contribution in [2.45, 2.75) is 25.0 Å². The fourth-order valence-electron chi connectivity index (χ4n) is 4.38. The van der Waals surface area contributed by atoms with Gasteiger partial charge in [-0.2, -0.15) is 0 Å². The zero-order valence-electron chi connectivity index (χ0n) is 19.8. The number of rotatable bonds is 6. The first-order valence-electron chi connectivity index (χ1n) is 11.8. The standard InChI is InChI=1S/C28H25N3O4S/c1-2-35-25(32)18-36-28-29-24-16-20(26(33)30-15-14-19-8-6-7-9-21(19)17-30)12-13-23(24)27(34)31(28)22-10-4-3-5-11-22/h3-13,16H,2,14-15,17-18H2,1H3. The third-order valence-electron chi connectivity index (χ3n) is 6.14. The van der Waals surface area contributed by atoms with Crippen LogP contribution in [0, 0.1) is 0 Å². The van der Waals surface area contributed by atoms with E-state index in [1.54, 1.807) is 25.1 Å². The van der Waals surface area contributed by atoms with Crippen molar-refractivity contribution in [3.63, 3.8) is 0 Å². The van der Waals surface area contributed by atoms with Crippen LogP contribution in [-0.4, -0.2) is 45.2 Å². The molecule has 1 aliphatic rings. The van der Waals surface area contributed by atoms with E-state index < -0.39 is 0 Å². The minimum atomic E-state index is -0.384. The maximum Gasteiger partial charge on any atom is 0.316 e. The van der Waals surface area contributed by atoms with Crippen LogP contribution in [0.15, 0.2) is 82.7 Å². The van der Waals surface area contributed by atoms with E-state index in [2.05, 4.69) is 12.1 Å². The number of ether oxygens (including phenoxy) is 1. The Labute approximate surface area is 212 Å². The second-order valence-corrected chi connectivity index (χ2v) is 9.38. The Morgan fingerprint density at radius 1 is 1.00 bits per heavy atom. The Morgan fingerprint density at radius 2 is 1.75 bits per heavy atom. The van der Waals surface area contributed by atoms with Gasteiger partial charge in [-0.15, -0.1) is 0 Å². The smallest absolute Gasteiger partial charge is 0.316 e. The molecule has 5 rings (SSSR count). The summed E-state index contributed by atoms with van der Waals surface area (Å²) in [6.45, 7) is 3.22. The molecule has 7 nitrogen and oxygen atoms in total. The Kier molecular flexibility index (Phi) is 6.86. The predicted octanol–water partition coefficient (Wildman–Crippen LogP) is 4.24. The molecule has 2 heterocycles. The first-order valence-corrected chi connectivity index (χ1v) is 12.8. The molecule has 0 bridgehead atoms. The van der Waals surface area contributed by atoms with E-state index in [9.17, 15) is 14.4 Å². The van der Waals surface area contributed by atoms with E-state index in [1.165, 1.54) is 10.1 Å². The number of nitrogens with zero attached hydrogens (tertiary/aromatic N) is 3. The summed E-state index contributed by atoms with van der Waals surface area (Å²) in [7, 11) is 0. The first-order chi connectivity index (χ1) is 17.5. The van der Waals surface area contributed by atoms with Gasteiger partial charge in [-0.05, 0) is 54.8 Å². The topological polar surface area (TPSA) is 81.5 Å². The highest BCUT2D eigenvalue weighted by atomic mass is 32.2. The van der Waals surface area contributed by atoms with Gasteiger partial charge in [0.2, 0.25) is 0 Å². The van der Waals surface area contributed by atoms with Crippen LogP contribution in [-0.2, 0) is 22.5 Å². The van der Waals surface area contributed by atoms with Gasteiger partial charge in [0, 0.05) is 18.7 Å². The van der Waals surface area contributed by atoms with Crippen molar-refractivity contribution in [2.75, 3.05) is 18.9 Å². The van der Waals surface area contributed by atoms with E-state index in [1.807, 2.05) is 47.4 Å². The number of benzene rings is 3. The molecule has 0 unspecified atom stereocenters. The van der Waals surface area contributed by atoms with Gasteiger partial charge >= 0.3 is 5.97 Å². The summed E-state index contributed by atoms with van der Waals surface area (Å²) in [5.41, 5.74) is 3.71. The molecule has 0 saturated carbocycles. The van der Waals surface area contributed by atoms with Crippen LogP contribution in [0.1, 0.15) is 28.4 Å². The Hall–Kier alpha value is -3.91. The minimum Gasteiger partial charge on any atom is -0.465 e. The third-order valence-corrected chi connectivity index (χ3v) is 7.05. The van der Waals surface area contributed by atoms with Gasteiger partial charge in [-0.3, -0.25) is 19.0 Å². The number of hydrogen-bond acceptors (Lipinski definition) is 6. The van der Waals surface area contributed by atoms with E-state index in [0.717, 1.165) is 23.7 Å². The summed E-state index contributed by atoms with van der Waals surface area (Å²) in [5.74, 6) is -0.461. The van der Waals surface area contributed by atoms with Crippen LogP contribution < -0.4 is 5.56 Å². The van der Waals surface area contributed by atoms with Crippen molar-refractivity contribution in [3.05, 3.63) is 99.8 Å². The third kappa shape index (κ3) is 4.77. The normalized spacial score (nSPS) is 12.9. The van der Waals surface area contributed by atoms with Crippen LogP contribution in [0.3, 0.4) is 0 Å². The molecule has 0 radical (unpaired) electrons. The Balaban J connectivity index is 1.52. The first kappa shape index (κ1) is 23.8. The molecule has 0 atom stereocenters. The van der Waals surface area contributed by atoms with Gasteiger partial charge in [-0.1, -0.05) is 54.2 Å². The molecule has 8 heteroatoms. The average molecular weight is 500 g/mol. The quantitative estimate of drug-likeness (QED) is 0.224. The van der Waals surface area contributed by atoms with Gasteiger partial charge < -0.3 is 9.64 Å². The molecule has 1 aromatic heterocycles. The minimum absolute atomic E-state index is 0.0183. The van der Waals surface area contributed by atoms with E-state index in [4.69, 9.17) is 9.72 Å². The maximum atomic E-state index is 13.5. The summed E-state index contributed by atoms with van der Waals surface area (Å²) in [6.07, 6.45) is 0.810. The van der Waals surface area contributed by atoms with E-state index >= 15 is 0 Å². The van der Waals surface area contributed by atoms with Gasteiger partial charge in [0.15, 0.2) is 5.16 Å². The van der Waals surface area contributed by atoms with Crippen molar-refractivity contribution in [1.82, 2.24) is 14.5 Å². The van der Waals surface area contributed by atoms with Crippen molar-refractivity contribution in [2.24, 2.45) is 0 Å². The van der Waals surface area contributed by atoms with E-state index in [0.29, 0.717) is 40.4 Å². The highest BCUT2D eigenvalue weighted by molar-refractivity contribution is 7.99. The number of aromatic nitrogens is 2. The lowest BCUT2D eigenvalue weighted by Crippen LogP contribution is -2.36. The summed E-state index contributed by atoms with van der Waals surface area (Å²) in [4.78, 5) is 45.4. The molecule has 182 valence electrons. The molecule has 3 aromatic carbocycles. The highest BCUT2D eigenvalue weighted by Gasteiger charge is 2.23.